The fourth-order valence-corrected chi connectivity index (χ4v) is 6.96. The number of hydrogen-bond donors (Lipinski definition) is 5. The molecule has 2 fully saturated rings. The molecular weight excluding hydrogens is 848 g/mol. The molecule has 3 heterocycles. The third-order valence-corrected chi connectivity index (χ3v) is 9.46. The zero-order chi connectivity index (χ0) is 46.6. The van der Waals surface area contributed by atoms with Crippen molar-refractivity contribution in [1.82, 2.24) is 0 Å². The summed E-state index contributed by atoms with van der Waals surface area (Å²) in [5.41, 5.74) is -1.97. The Morgan fingerprint density at radius 3 is 1.62 bits per heavy atom. The van der Waals surface area contributed by atoms with Crippen molar-refractivity contribution in [2.45, 2.75) is 104 Å². The van der Waals surface area contributed by atoms with Gasteiger partial charge in [0.05, 0.1) is 0 Å². The molecule has 1 aromatic heterocycles. The van der Waals surface area contributed by atoms with E-state index >= 15 is 0 Å². The number of carbonyl (C=O) groups excluding carboxylic acids is 6. The standard InChI is InChI=1S/C40H44O23/c1-14-32(55-17(4)43)27(12-53-15(2)41)60-39(33(14)56-18(5)44)62-35-28(13-54-16(3)42)61-40(38(58-20(7)46)37(35)57-19(6)45)63-36-31(52)29-23(48)10-22(47)11-26(29)59-34(36)21-8-24(49)30(51)25(50)9-21/h8-11,14,27-28,32-33,35,37-40,47-51H,12-13H2,1-7H3/t14-,27+,28+,32+,33+,35+,37-,38+,39-,40-/m0/s1. The van der Waals surface area contributed by atoms with E-state index < -0.39 is 167 Å². The van der Waals surface area contributed by atoms with Crippen molar-refractivity contribution in [1.29, 1.82) is 0 Å². The van der Waals surface area contributed by atoms with Gasteiger partial charge in [0.2, 0.25) is 23.6 Å². The average Bonchev–Trinajstić information content (AvgIpc) is 3.16. The summed E-state index contributed by atoms with van der Waals surface area (Å²) >= 11 is 0. The van der Waals surface area contributed by atoms with Gasteiger partial charge in [-0.1, -0.05) is 6.92 Å². The fraction of sp³-hybridized carbons (Fsp3) is 0.475. The van der Waals surface area contributed by atoms with Gasteiger partial charge in [0.15, 0.2) is 41.5 Å². The minimum atomic E-state index is -2.09. The molecule has 0 saturated carbocycles. The van der Waals surface area contributed by atoms with Gasteiger partial charge < -0.3 is 77.3 Å². The van der Waals surface area contributed by atoms with Crippen LogP contribution < -0.4 is 10.2 Å². The minimum absolute atomic E-state index is 0.343. The maximum absolute atomic E-state index is 14.3. The Hall–Kier alpha value is -6.85. The molecule has 5 rings (SSSR count). The maximum Gasteiger partial charge on any atom is 0.303 e. The molecule has 0 radical (unpaired) electrons. The van der Waals surface area contributed by atoms with E-state index in [-0.39, 0.29) is 5.56 Å². The molecule has 23 heteroatoms. The Bertz CT molecular complexity index is 2290. The van der Waals surface area contributed by atoms with Crippen molar-refractivity contribution in [3.8, 4) is 45.8 Å². The van der Waals surface area contributed by atoms with E-state index in [9.17, 15) is 59.1 Å². The molecule has 342 valence electrons. The first-order chi connectivity index (χ1) is 29.6. The van der Waals surface area contributed by atoms with Crippen molar-refractivity contribution in [2.24, 2.45) is 5.92 Å². The number of esters is 6. The van der Waals surface area contributed by atoms with Gasteiger partial charge >= 0.3 is 35.8 Å². The number of benzene rings is 2. The lowest BCUT2D eigenvalue weighted by Gasteiger charge is -2.48. The van der Waals surface area contributed by atoms with Gasteiger partial charge in [-0.25, -0.2) is 0 Å². The van der Waals surface area contributed by atoms with E-state index in [0.717, 1.165) is 65.8 Å². The SMILES string of the molecule is CC(=O)OC[C@H]1O[C@@H](O[C@H]2[C@H](OC(C)=O)[C@@H](OC(C)=O)[C@H](Oc3c(-c4cc(O)c(O)c(O)c4)oc4cc(O)cc(O)c4c3=O)O[C@@H]2COC(C)=O)[C@H](OC(C)=O)[C@@H](C)[C@H]1OC(C)=O. The summed E-state index contributed by atoms with van der Waals surface area (Å²) in [5.74, 6) is -11.9. The van der Waals surface area contributed by atoms with Crippen LogP contribution in [0.25, 0.3) is 22.3 Å². The van der Waals surface area contributed by atoms with Gasteiger partial charge in [-0.15, -0.1) is 0 Å². The number of hydrogen-bond acceptors (Lipinski definition) is 23. The highest BCUT2D eigenvalue weighted by atomic mass is 16.8. The summed E-state index contributed by atoms with van der Waals surface area (Å²) in [6, 6.07) is 3.44. The van der Waals surface area contributed by atoms with Gasteiger partial charge in [-0.05, 0) is 12.1 Å². The number of rotatable bonds is 13. The van der Waals surface area contributed by atoms with Crippen LogP contribution >= 0.6 is 0 Å². The Morgan fingerprint density at radius 2 is 1.08 bits per heavy atom. The Balaban J connectivity index is 1.68. The molecule has 23 nitrogen and oxygen atoms in total. The fourth-order valence-electron chi connectivity index (χ4n) is 6.96. The van der Waals surface area contributed by atoms with Crippen LogP contribution in [-0.2, 0) is 71.4 Å². The van der Waals surface area contributed by atoms with Gasteiger partial charge in [0.25, 0.3) is 0 Å². The molecular formula is C40H44O23. The van der Waals surface area contributed by atoms with Crippen LogP contribution in [0.2, 0.25) is 0 Å². The maximum atomic E-state index is 14.3. The molecule has 0 aliphatic carbocycles. The van der Waals surface area contributed by atoms with Crippen LogP contribution in [0.15, 0.2) is 33.5 Å². The largest absolute Gasteiger partial charge is 0.508 e. The van der Waals surface area contributed by atoms with E-state index in [1.807, 2.05) is 0 Å². The number of carbonyl (C=O) groups is 6. The number of fused-ring (bicyclic) bond motifs is 1. The van der Waals surface area contributed by atoms with E-state index in [0.29, 0.717) is 0 Å². The second-order valence-corrected chi connectivity index (χ2v) is 14.4. The van der Waals surface area contributed by atoms with Crippen LogP contribution in [0.1, 0.15) is 48.5 Å². The quantitative estimate of drug-likeness (QED) is 0.0926. The smallest absolute Gasteiger partial charge is 0.303 e. The summed E-state index contributed by atoms with van der Waals surface area (Å²) in [4.78, 5) is 88.6. The number of aromatic hydroxyl groups is 5. The number of phenols is 5. The highest BCUT2D eigenvalue weighted by Crippen LogP contribution is 2.44. The Labute approximate surface area is 355 Å². The molecule has 0 bridgehead atoms. The van der Waals surface area contributed by atoms with Gasteiger partial charge in [0, 0.05) is 65.2 Å². The predicted octanol–water partition coefficient (Wildman–Crippen LogP) is 1.69. The average molecular weight is 893 g/mol. The third kappa shape index (κ3) is 11.0. The zero-order valence-electron chi connectivity index (χ0n) is 34.6. The van der Waals surface area contributed by atoms with Crippen molar-refractivity contribution in [3.63, 3.8) is 0 Å². The van der Waals surface area contributed by atoms with Gasteiger partial charge in [-0.3, -0.25) is 33.6 Å². The van der Waals surface area contributed by atoms with Crippen molar-refractivity contribution >= 4 is 46.8 Å². The Kier molecular flexibility index (Phi) is 14.6. The second kappa shape index (κ2) is 19.5. The molecule has 0 unspecified atom stereocenters. The number of phenolic OH excluding ortho intramolecular Hbond substituents is 5. The lowest BCUT2D eigenvalue weighted by molar-refractivity contribution is -0.349. The molecule has 63 heavy (non-hydrogen) atoms. The lowest BCUT2D eigenvalue weighted by atomic mass is 9.90. The van der Waals surface area contributed by atoms with E-state index in [1.165, 1.54) is 6.92 Å². The second-order valence-electron chi connectivity index (χ2n) is 14.4. The molecule has 0 spiro atoms. The molecule has 2 aliphatic heterocycles. The molecule has 0 amide bonds. The van der Waals surface area contributed by atoms with Crippen molar-refractivity contribution in [3.05, 3.63) is 34.5 Å². The highest BCUT2D eigenvalue weighted by molar-refractivity contribution is 5.88. The summed E-state index contributed by atoms with van der Waals surface area (Å²) < 4.78 is 63.4. The summed E-state index contributed by atoms with van der Waals surface area (Å²) in [6.07, 6.45) is -15.0. The van der Waals surface area contributed by atoms with E-state index in [1.54, 1.807) is 0 Å². The molecule has 10 atom stereocenters. The van der Waals surface area contributed by atoms with Gasteiger partial charge in [-0.2, -0.15) is 0 Å². The summed E-state index contributed by atoms with van der Waals surface area (Å²) in [5, 5.41) is 51.2. The van der Waals surface area contributed by atoms with Crippen molar-refractivity contribution < 1.29 is 106 Å². The first-order valence-corrected chi connectivity index (χ1v) is 18.9. The predicted molar refractivity (Wildman–Crippen MR) is 204 cm³/mol. The molecule has 3 aromatic rings. The van der Waals surface area contributed by atoms with Gasteiger partial charge in [0.1, 0.15) is 60.1 Å². The summed E-state index contributed by atoms with van der Waals surface area (Å²) in [6.45, 7) is 6.46. The molecule has 2 saturated heterocycles. The molecule has 2 aliphatic rings. The third-order valence-electron chi connectivity index (χ3n) is 9.46. The van der Waals surface area contributed by atoms with Crippen LogP contribution in [0.4, 0.5) is 0 Å². The zero-order valence-corrected chi connectivity index (χ0v) is 34.6. The van der Waals surface area contributed by atoms with Crippen LogP contribution in [0.3, 0.4) is 0 Å². The first kappa shape index (κ1) is 47.2. The normalized spacial score (nSPS) is 25.6. The molecule has 5 N–H and O–H groups in total. The molecule has 2 aromatic carbocycles. The van der Waals surface area contributed by atoms with Crippen LogP contribution in [0, 0.1) is 5.92 Å². The highest BCUT2D eigenvalue weighted by Gasteiger charge is 2.56. The minimum Gasteiger partial charge on any atom is -0.508 e. The van der Waals surface area contributed by atoms with E-state index in [4.69, 9.17) is 51.8 Å². The van der Waals surface area contributed by atoms with E-state index in [2.05, 4.69) is 0 Å². The van der Waals surface area contributed by atoms with Crippen LogP contribution in [0.5, 0.6) is 34.5 Å². The first-order valence-electron chi connectivity index (χ1n) is 18.9. The topological polar surface area (TPSA) is 326 Å². The summed E-state index contributed by atoms with van der Waals surface area (Å²) in [7, 11) is 0. The van der Waals surface area contributed by atoms with Crippen molar-refractivity contribution in [2.75, 3.05) is 13.2 Å². The number of ether oxygens (including phenoxy) is 10. The monoisotopic (exact) mass is 892 g/mol. The van der Waals surface area contributed by atoms with Crippen LogP contribution in [-0.4, -0.2) is 130 Å². The lowest BCUT2D eigenvalue weighted by Crippen LogP contribution is -2.66. The Morgan fingerprint density at radius 1 is 0.587 bits per heavy atom.